The van der Waals surface area contributed by atoms with Gasteiger partial charge in [-0.15, -0.1) is 0 Å². The molecule has 0 radical (unpaired) electrons. The number of anilines is 1. The van der Waals surface area contributed by atoms with Crippen LogP contribution in [0.15, 0.2) is 0 Å². The Balaban J connectivity index is 1.58. The van der Waals surface area contributed by atoms with Crippen LogP contribution in [0.1, 0.15) is 19.2 Å². The van der Waals surface area contributed by atoms with E-state index in [-0.39, 0.29) is 11.9 Å². The van der Waals surface area contributed by atoms with Crippen LogP contribution >= 0.6 is 11.5 Å². The molecule has 2 aliphatic heterocycles. The summed E-state index contributed by atoms with van der Waals surface area (Å²) in [6.45, 7) is 7.26. The van der Waals surface area contributed by atoms with E-state index in [0.29, 0.717) is 13.2 Å². The Morgan fingerprint density at radius 1 is 1.41 bits per heavy atom. The number of hydrogen-bond donors (Lipinski definition) is 1. The number of ether oxygens (including phenoxy) is 1. The first-order valence-corrected chi connectivity index (χ1v) is 8.72. The molecule has 1 unspecified atom stereocenters. The van der Waals surface area contributed by atoms with Crippen LogP contribution in [0.4, 0.5) is 5.13 Å². The third-order valence-electron chi connectivity index (χ3n) is 4.07. The number of aromatic nitrogens is 2. The average molecular weight is 325 g/mol. The standard InChI is InChI=1S/C14H23N5O2S/c1-2-12-16-14(22-17-12)19-6-3-5-18(7-8-19)13(20)11-10-21-9-4-15-11/h11,15H,2-10H2,1H3. The van der Waals surface area contributed by atoms with Crippen LogP contribution < -0.4 is 10.2 Å². The summed E-state index contributed by atoms with van der Waals surface area (Å²) in [5.74, 6) is 1.06. The predicted molar refractivity (Wildman–Crippen MR) is 85.3 cm³/mol. The summed E-state index contributed by atoms with van der Waals surface area (Å²) in [5.41, 5.74) is 0. The van der Waals surface area contributed by atoms with E-state index in [4.69, 9.17) is 4.74 Å². The van der Waals surface area contributed by atoms with Crippen LogP contribution in [-0.4, -0.2) is 72.1 Å². The number of nitrogens with zero attached hydrogens (tertiary/aromatic N) is 4. The maximum absolute atomic E-state index is 12.5. The first-order valence-electron chi connectivity index (χ1n) is 7.95. The molecule has 0 spiro atoms. The van der Waals surface area contributed by atoms with Crippen molar-refractivity contribution in [2.75, 3.05) is 50.8 Å². The molecule has 2 fully saturated rings. The van der Waals surface area contributed by atoms with E-state index in [1.165, 1.54) is 11.5 Å². The Morgan fingerprint density at radius 2 is 2.32 bits per heavy atom. The lowest BCUT2D eigenvalue weighted by Crippen LogP contribution is -2.53. The minimum atomic E-state index is -0.187. The highest BCUT2D eigenvalue weighted by Crippen LogP contribution is 2.19. The maximum Gasteiger partial charge on any atom is 0.242 e. The highest BCUT2D eigenvalue weighted by Gasteiger charge is 2.28. The fourth-order valence-corrected chi connectivity index (χ4v) is 3.59. The molecule has 0 bridgehead atoms. The lowest BCUT2D eigenvalue weighted by molar-refractivity contribution is -0.136. The molecule has 1 aromatic rings. The van der Waals surface area contributed by atoms with Crippen molar-refractivity contribution in [3.05, 3.63) is 5.82 Å². The molecule has 2 aliphatic rings. The molecule has 22 heavy (non-hydrogen) atoms. The fraction of sp³-hybridized carbons (Fsp3) is 0.786. The van der Waals surface area contributed by atoms with Gasteiger partial charge in [0.1, 0.15) is 11.9 Å². The van der Waals surface area contributed by atoms with Gasteiger partial charge in [-0.2, -0.15) is 4.37 Å². The monoisotopic (exact) mass is 325 g/mol. The summed E-state index contributed by atoms with van der Waals surface area (Å²) in [6.07, 6.45) is 1.82. The van der Waals surface area contributed by atoms with Gasteiger partial charge in [-0.1, -0.05) is 6.92 Å². The van der Waals surface area contributed by atoms with Crippen molar-refractivity contribution in [2.24, 2.45) is 0 Å². The van der Waals surface area contributed by atoms with Crippen molar-refractivity contribution >= 4 is 22.6 Å². The quantitative estimate of drug-likeness (QED) is 0.852. The van der Waals surface area contributed by atoms with Crippen molar-refractivity contribution in [3.63, 3.8) is 0 Å². The highest BCUT2D eigenvalue weighted by atomic mass is 32.1. The van der Waals surface area contributed by atoms with Crippen LogP contribution in [0, 0.1) is 0 Å². The van der Waals surface area contributed by atoms with E-state index < -0.39 is 0 Å². The van der Waals surface area contributed by atoms with Crippen LogP contribution in [0.25, 0.3) is 0 Å². The van der Waals surface area contributed by atoms with Crippen molar-refractivity contribution in [2.45, 2.75) is 25.8 Å². The molecule has 1 atom stereocenters. The number of aryl methyl sites for hydroxylation is 1. The van der Waals surface area contributed by atoms with Gasteiger partial charge in [0.15, 0.2) is 0 Å². The predicted octanol–water partition coefficient (Wildman–Crippen LogP) is 0.128. The number of hydrogen-bond acceptors (Lipinski definition) is 7. The van der Waals surface area contributed by atoms with Crippen molar-refractivity contribution < 1.29 is 9.53 Å². The van der Waals surface area contributed by atoms with Crippen molar-refractivity contribution in [1.29, 1.82) is 0 Å². The molecule has 1 aromatic heterocycles. The number of morpholine rings is 1. The second-order valence-corrected chi connectivity index (χ2v) is 6.32. The Kier molecular flexibility index (Phi) is 5.22. The van der Waals surface area contributed by atoms with E-state index >= 15 is 0 Å². The summed E-state index contributed by atoms with van der Waals surface area (Å²) in [7, 11) is 0. The number of nitrogens with one attached hydrogen (secondary N) is 1. The van der Waals surface area contributed by atoms with E-state index in [2.05, 4.69) is 26.5 Å². The molecule has 3 rings (SSSR count). The number of carbonyl (C=O) groups excluding carboxylic acids is 1. The second-order valence-electron chi connectivity index (χ2n) is 5.59. The molecule has 122 valence electrons. The Bertz CT molecular complexity index is 503. The molecular weight excluding hydrogens is 302 g/mol. The first-order chi connectivity index (χ1) is 10.8. The second kappa shape index (κ2) is 7.34. The Morgan fingerprint density at radius 3 is 3.05 bits per heavy atom. The van der Waals surface area contributed by atoms with Crippen LogP contribution in [0.3, 0.4) is 0 Å². The Hall–Kier alpha value is -1.25. The van der Waals surface area contributed by atoms with Gasteiger partial charge in [0.25, 0.3) is 0 Å². The maximum atomic E-state index is 12.5. The van der Waals surface area contributed by atoms with Gasteiger partial charge in [0.05, 0.1) is 13.2 Å². The van der Waals surface area contributed by atoms with Crippen molar-refractivity contribution in [3.8, 4) is 0 Å². The van der Waals surface area contributed by atoms with E-state index in [0.717, 1.165) is 56.5 Å². The third-order valence-corrected chi connectivity index (χ3v) is 4.89. The van der Waals surface area contributed by atoms with E-state index in [9.17, 15) is 4.79 Å². The first kappa shape index (κ1) is 15.6. The van der Waals surface area contributed by atoms with Crippen LogP contribution in [0.2, 0.25) is 0 Å². The normalized spacial score (nSPS) is 23.4. The highest BCUT2D eigenvalue weighted by molar-refractivity contribution is 7.09. The van der Waals surface area contributed by atoms with Crippen LogP contribution in [-0.2, 0) is 16.0 Å². The summed E-state index contributed by atoms with van der Waals surface area (Å²) in [5, 5.41) is 4.22. The molecular formula is C14H23N5O2S. The molecule has 0 aromatic carbocycles. The van der Waals surface area contributed by atoms with Crippen molar-refractivity contribution in [1.82, 2.24) is 19.6 Å². The molecule has 3 heterocycles. The minimum absolute atomic E-state index is 0.160. The van der Waals surface area contributed by atoms with Gasteiger partial charge in [-0.05, 0) is 6.42 Å². The summed E-state index contributed by atoms with van der Waals surface area (Å²) in [4.78, 5) is 21.3. The zero-order chi connectivity index (χ0) is 15.4. The molecule has 1 amide bonds. The van der Waals surface area contributed by atoms with E-state index in [1.54, 1.807) is 0 Å². The molecule has 0 aliphatic carbocycles. The summed E-state index contributed by atoms with van der Waals surface area (Å²) >= 11 is 1.46. The van der Waals surface area contributed by atoms with Gasteiger partial charge in [0.2, 0.25) is 11.0 Å². The van der Waals surface area contributed by atoms with Gasteiger partial charge < -0.3 is 19.9 Å². The average Bonchev–Trinajstić information content (AvgIpc) is 2.92. The SMILES string of the molecule is CCc1nsc(N2CCCN(C(=O)C3COCCN3)CC2)n1. The summed E-state index contributed by atoms with van der Waals surface area (Å²) < 4.78 is 9.74. The van der Waals surface area contributed by atoms with Gasteiger partial charge in [-0.25, -0.2) is 4.98 Å². The molecule has 2 saturated heterocycles. The van der Waals surface area contributed by atoms with Gasteiger partial charge in [0, 0.05) is 50.7 Å². The molecule has 8 heteroatoms. The van der Waals surface area contributed by atoms with Gasteiger partial charge in [-0.3, -0.25) is 4.79 Å². The minimum Gasteiger partial charge on any atom is -0.378 e. The fourth-order valence-electron chi connectivity index (χ4n) is 2.79. The number of carbonyl (C=O) groups is 1. The van der Waals surface area contributed by atoms with E-state index in [1.807, 2.05) is 4.90 Å². The summed E-state index contributed by atoms with van der Waals surface area (Å²) in [6, 6.07) is -0.187. The molecule has 7 nitrogen and oxygen atoms in total. The number of rotatable bonds is 3. The zero-order valence-corrected chi connectivity index (χ0v) is 13.8. The third kappa shape index (κ3) is 3.56. The Labute approximate surface area is 134 Å². The smallest absolute Gasteiger partial charge is 0.242 e. The topological polar surface area (TPSA) is 70.6 Å². The van der Waals surface area contributed by atoms with Crippen LogP contribution in [0.5, 0.6) is 0 Å². The lowest BCUT2D eigenvalue weighted by atomic mass is 10.2. The largest absolute Gasteiger partial charge is 0.378 e. The molecule has 0 saturated carbocycles. The number of amides is 1. The zero-order valence-electron chi connectivity index (χ0n) is 13.0. The lowest BCUT2D eigenvalue weighted by Gasteiger charge is -2.29. The van der Waals surface area contributed by atoms with Gasteiger partial charge >= 0.3 is 0 Å². The molecule has 1 N–H and O–H groups in total.